The molecule has 0 aliphatic carbocycles. The summed E-state index contributed by atoms with van der Waals surface area (Å²) >= 11 is 0. The molecule has 2 aliphatic heterocycles. The molecule has 0 bridgehead atoms. The molecule has 2 aliphatic rings. The van der Waals surface area contributed by atoms with E-state index < -0.39 is 0 Å². The third kappa shape index (κ3) is 4.06. The van der Waals surface area contributed by atoms with Crippen molar-refractivity contribution in [1.29, 1.82) is 0 Å². The summed E-state index contributed by atoms with van der Waals surface area (Å²) in [6.07, 6.45) is 5.55. The lowest BCUT2D eigenvalue weighted by atomic mass is 9.95. The van der Waals surface area contributed by atoms with Crippen LogP contribution < -0.4 is 5.73 Å². The number of nitrogens with zero attached hydrogens (tertiary/aromatic N) is 2. The van der Waals surface area contributed by atoms with Crippen molar-refractivity contribution >= 4 is 0 Å². The Kier molecular flexibility index (Phi) is 5.28. The molecule has 0 unspecified atom stereocenters. The minimum atomic E-state index is 0.654. The lowest BCUT2D eigenvalue weighted by molar-refractivity contribution is 0.148. The quantitative estimate of drug-likeness (QED) is 0.903. The molecule has 0 radical (unpaired) electrons. The lowest BCUT2D eigenvalue weighted by Crippen LogP contribution is -2.37. The maximum absolute atomic E-state index is 5.85. The molecule has 0 aromatic heterocycles. The van der Waals surface area contributed by atoms with E-state index in [4.69, 9.17) is 5.73 Å². The van der Waals surface area contributed by atoms with E-state index in [1.54, 1.807) is 0 Å². The summed E-state index contributed by atoms with van der Waals surface area (Å²) in [6, 6.07) is 8.62. The van der Waals surface area contributed by atoms with Crippen LogP contribution in [-0.4, -0.2) is 42.5 Å². The van der Waals surface area contributed by atoms with Gasteiger partial charge < -0.3 is 10.6 Å². The number of hydrogen-bond acceptors (Lipinski definition) is 3. The Hall–Kier alpha value is -0.900. The standard InChI is InChI=1S/C18H29N3/c19-13-17-5-1-2-6-18(17)15-21-11-7-16(8-12-21)14-20-9-3-4-10-20/h1-2,5-6,16H,3-4,7-15,19H2. The van der Waals surface area contributed by atoms with Crippen molar-refractivity contribution in [2.75, 3.05) is 32.7 Å². The van der Waals surface area contributed by atoms with Gasteiger partial charge in [0.25, 0.3) is 0 Å². The van der Waals surface area contributed by atoms with Gasteiger partial charge in [0.2, 0.25) is 0 Å². The first-order valence-corrected chi connectivity index (χ1v) is 8.56. The van der Waals surface area contributed by atoms with Gasteiger partial charge in [-0.15, -0.1) is 0 Å². The summed E-state index contributed by atoms with van der Waals surface area (Å²) in [5.74, 6) is 0.920. The smallest absolute Gasteiger partial charge is 0.0236 e. The average Bonchev–Trinajstić information content (AvgIpc) is 3.03. The highest BCUT2D eigenvalue weighted by molar-refractivity contribution is 5.26. The second-order valence-electron chi connectivity index (χ2n) is 6.70. The van der Waals surface area contributed by atoms with Crippen molar-refractivity contribution < 1.29 is 0 Å². The molecule has 0 saturated carbocycles. The predicted molar refractivity (Wildman–Crippen MR) is 88.0 cm³/mol. The molecule has 2 saturated heterocycles. The average molecular weight is 287 g/mol. The van der Waals surface area contributed by atoms with Crippen LogP contribution in [0.3, 0.4) is 0 Å². The van der Waals surface area contributed by atoms with Crippen molar-refractivity contribution in [1.82, 2.24) is 9.80 Å². The zero-order chi connectivity index (χ0) is 14.5. The van der Waals surface area contributed by atoms with Crippen LogP contribution in [0.25, 0.3) is 0 Å². The van der Waals surface area contributed by atoms with E-state index in [2.05, 4.69) is 34.1 Å². The number of rotatable bonds is 5. The first-order valence-electron chi connectivity index (χ1n) is 8.56. The van der Waals surface area contributed by atoms with E-state index in [-0.39, 0.29) is 0 Å². The van der Waals surface area contributed by atoms with Gasteiger partial charge >= 0.3 is 0 Å². The van der Waals surface area contributed by atoms with Crippen molar-refractivity contribution in [3.05, 3.63) is 35.4 Å². The second-order valence-corrected chi connectivity index (χ2v) is 6.70. The van der Waals surface area contributed by atoms with Gasteiger partial charge in [0.15, 0.2) is 0 Å². The van der Waals surface area contributed by atoms with Gasteiger partial charge in [-0.25, -0.2) is 0 Å². The molecule has 2 heterocycles. The lowest BCUT2D eigenvalue weighted by Gasteiger charge is -2.34. The SMILES string of the molecule is NCc1ccccc1CN1CCC(CN2CCCC2)CC1. The van der Waals surface area contributed by atoms with E-state index in [1.165, 1.54) is 69.5 Å². The van der Waals surface area contributed by atoms with E-state index in [0.717, 1.165) is 12.5 Å². The molecular formula is C18H29N3. The highest BCUT2D eigenvalue weighted by Gasteiger charge is 2.23. The molecule has 0 amide bonds. The van der Waals surface area contributed by atoms with Crippen LogP contribution in [0.15, 0.2) is 24.3 Å². The normalized spacial score (nSPS) is 22.0. The maximum Gasteiger partial charge on any atom is 0.0236 e. The van der Waals surface area contributed by atoms with E-state index >= 15 is 0 Å². The maximum atomic E-state index is 5.85. The van der Waals surface area contributed by atoms with Crippen LogP contribution in [0.4, 0.5) is 0 Å². The Morgan fingerprint density at radius 2 is 1.57 bits per heavy atom. The van der Waals surface area contributed by atoms with Crippen LogP contribution in [0, 0.1) is 5.92 Å². The first kappa shape index (κ1) is 15.0. The summed E-state index contributed by atoms with van der Waals surface area (Å²) in [7, 11) is 0. The monoisotopic (exact) mass is 287 g/mol. The summed E-state index contributed by atoms with van der Waals surface area (Å²) in [4.78, 5) is 5.28. The minimum Gasteiger partial charge on any atom is -0.326 e. The van der Waals surface area contributed by atoms with Crippen LogP contribution >= 0.6 is 0 Å². The van der Waals surface area contributed by atoms with Crippen LogP contribution in [-0.2, 0) is 13.1 Å². The molecule has 21 heavy (non-hydrogen) atoms. The van der Waals surface area contributed by atoms with Crippen molar-refractivity contribution in [2.24, 2.45) is 11.7 Å². The van der Waals surface area contributed by atoms with Gasteiger partial charge in [-0.05, 0) is 68.9 Å². The van der Waals surface area contributed by atoms with E-state index in [9.17, 15) is 0 Å². The highest BCUT2D eigenvalue weighted by Crippen LogP contribution is 2.22. The topological polar surface area (TPSA) is 32.5 Å². The number of nitrogens with two attached hydrogens (primary N) is 1. The summed E-state index contributed by atoms with van der Waals surface area (Å²) in [5, 5.41) is 0. The third-order valence-corrected chi connectivity index (χ3v) is 5.15. The molecule has 2 N–H and O–H groups in total. The molecule has 3 nitrogen and oxygen atoms in total. The Bertz CT molecular complexity index is 432. The second kappa shape index (κ2) is 7.39. The van der Waals surface area contributed by atoms with E-state index in [1.807, 2.05) is 0 Å². The molecule has 1 aromatic rings. The minimum absolute atomic E-state index is 0.654. The zero-order valence-electron chi connectivity index (χ0n) is 13.1. The summed E-state index contributed by atoms with van der Waals surface area (Å²) in [5.41, 5.74) is 8.56. The van der Waals surface area contributed by atoms with Crippen molar-refractivity contribution in [3.8, 4) is 0 Å². The highest BCUT2D eigenvalue weighted by atomic mass is 15.2. The Balaban J connectivity index is 1.47. The largest absolute Gasteiger partial charge is 0.326 e. The first-order chi connectivity index (χ1) is 10.3. The molecule has 2 fully saturated rings. The zero-order valence-corrected chi connectivity index (χ0v) is 13.1. The third-order valence-electron chi connectivity index (χ3n) is 5.15. The van der Waals surface area contributed by atoms with Crippen LogP contribution in [0.5, 0.6) is 0 Å². The van der Waals surface area contributed by atoms with Gasteiger partial charge in [-0.3, -0.25) is 4.90 Å². The van der Waals surface area contributed by atoms with Crippen LogP contribution in [0.1, 0.15) is 36.8 Å². The van der Waals surface area contributed by atoms with Crippen molar-refractivity contribution in [3.63, 3.8) is 0 Å². The molecule has 0 spiro atoms. The fraction of sp³-hybridized carbons (Fsp3) is 0.667. The number of benzene rings is 1. The van der Waals surface area contributed by atoms with Gasteiger partial charge in [0, 0.05) is 19.6 Å². The Labute approximate surface area is 129 Å². The van der Waals surface area contributed by atoms with Gasteiger partial charge in [-0.2, -0.15) is 0 Å². The van der Waals surface area contributed by atoms with E-state index in [0.29, 0.717) is 6.54 Å². The molecule has 3 heteroatoms. The molecule has 116 valence electrons. The number of likely N-dealkylation sites (tertiary alicyclic amines) is 2. The Morgan fingerprint density at radius 1 is 0.905 bits per heavy atom. The Morgan fingerprint density at radius 3 is 2.24 bits per heavy atom. The summed E-state index contributed by atoms with van der Waals surface area (Å²) in [6.45, 7) is 8.24. The van der Waals surface area contributed by atoms with Gasteiger partial charge in [0.05, 0.1) is 0 Å². The van der Waals surface area contributed by atoms with Gasteiger partial charge in [0.1, 0.15) is 0 Å². The fourth-order valence-corrected chi connectivity index (χ4v) is 3.81. The van der Waals surface area contributed by atoms with Crippen molar-refractivity contribution in [2.45, 2.75) is 38.8 Å². The number of piperidine rings is 1. The molecule has 0 atom stereocenters. The number of hydrogen-bond donors (Lipinski definition) is 1. The molecule has 1 aromatic carbocycles. The molecule has 3 rings (SSSR count). The van der Waals surface area contributed by atoms with Crippen LogP contribution in [0.2, 0.25) is 0 Å². The summed E-state index contributed by atoms with van der Waals surface area (Å²) < 4.78 is 0. The fourth-order valence-electron chi connectivity index (χ4n) is 3.81. The molecular weight excluding hydrogens is 258 g/mol. The van der Waals surface area contributed by atoms with Gasteiger partial charge in [-0.1, -0.05) is 24.3 Å². The predicted octanol–water partition coefficient (Wildman–Crippen LogP) is 2.45.